The summed E-state index contributed by atoms with van der Waals surface area (Å²) in [5.41, 5.74) is 0. The zero-order chi connectivity index (χ0) is 12.4. The van der Waals surface area contributed by atoms with Gasteiger partial charge in [-0.2, -0.15) is 4.98 Å². The van der Waals surface area contributed by atoms with E-state index in [9.17, 15) is 0 Å². The lowest BCUT2D eigenvalue weighted by molar-refractivity contribution is 0.0830. The molecule has 100 valence electrons. The Morgan fingerprint density at radius 3 is 2.78 bits per heavy atom. The fraction of sp³-hybridized carbons (Fsp3) is 0.833. The smallest absolute Gasteiger partial charge is 0.233 e. The normalized spacial score (nSPS) is 29.8. The fourth-order valence-electron chi connectivity index (χ4n) is 2.60. The van der Waals surface area contributed by atoms with Crippen molar-refractivity contribution in [3.8, 4) is 0 Å². The molecule has 0 aromatic carbocycles. The summed E-state index contributed by atoms with van der Waals surface area (Å²) in [6, 6.07) is 0.271. The molecule has 1 N–H and O–H groups in total. The van der Waals surface area contributed by atoms with Crippen molar-refractivity contribution in [1.82, 2.24) is 15.5 Å². The van der Waals surface area contributed by atoms with Gasteiger partial charge in [0, 0.05) is 25.2 Å². The van der Waals surface area contributed by atoms with E-state index in [0.717, 1.165) is 31.9 Å². The maximum absolute atomic E-state index is 5.46. The highest BCUT2D eigenvalue weighted by molar-refractivity contribution is 5.05. The van der Waals surface area contributed by atoms with Crippen LogP contribution in [-0.2, 0) is 9.47 Å². The lowest BCUT2D eigenvalue weighted by Gasteiger charge is -2.18. The van der Waals surface area contributed by atoms with Gasteiger partial charge in [0.2, 0.25) is 5.89 Å². The number of hydrogen-bond donors (Lipinski definition) is 1. The van der Waals surface area contributed by atoms with E-state index >= 15 is 0 Å². The largest absolute Gasteiger partial charge is 0.381 e. The van der Waals surface area contributed by atoms with E-state index in [1.165, 1.54) is 0 Å². The van der Waals surface area contributed by atoms with E-state index in [0.29, 0.717) is 25.0 Å². The van der Waals surface area contributed by atoms with E-state index in [1.54, 1.807) is 0 Å². The second kappa shape index (κ2) is 5.34. The minimum Gasteiger partial charge on any atom is -0.381 e. The Balaban J connectivity index is 1.72. The van der Waals surface area contributed by atoms with Gasteiger partial charge in [0.25, 0.3) is 0 Å². The SMILES string of the molecule is CNC1COCC1c1nc(C2CCOCC2)no1. The Morgan fingerprint density at radius 1 is 1.17 bits per heavy atom. The molecule has 3 rings (SSSR count). The van der Waals surface area contributed by atoms with Crippen LogP contribution in [0.2, 0.25) is 0 Å². The molecule has 0 amide bonds. The predicted molar refractivity (Wildman–Crippen MR) is 63.5 cm³/mol. The standard InChI is InChI=1S/C12H19N3O3/c1-13-10-7-17-6-9(10)12-14-11(15-18-12)8-2-4-16-5-3-8/h8-10,13H,2-7H2,1H3. The molecule has 2 aliphatic rings. The molecule has 1 aromatic rings. The topological polar surface area (TPSA) is 69.4 Å². The molecule has 6 heteroatoms. The van der Waals surface area contributed by atoms with Crippen LogP contribution in [0.25, 0.3) is 0 Å². The number of likely N-dealkylation sites (N-methyl/N-ethyl adjacent to an activating group) is 1. The molecule has 2 atom stereocenters. The predicted octanol–water partition coefficient (Wildman–Crippen LogP) is 0.665. The first-order valence-corrected chi connectivity index (χ1v) is 6.54. The van der Waals surface area contributed by atoms with Crippen LogP contribution in [0.4, 0.5) is 0 Å². The number of ether oxygens (including phenoxy) is 2. The van der Waals surface area contributed by atoms with Crippen LogP contribution >= 0.6 is 0 Å². The summed E-state index contributed by atoms with van der Waals surface area (Å²) in [4.78, 5) is 4.56. The zero-order valence-corrected chi connectivity index (χ0v) is 10.6. The van der Waals surface area contributed by atoms with Crippen molar-refractivity contribution >= 4 is 0 Å². The molecular formula is C12H19N3O3. The van der Waals surface area contributed by atoms with Crippen LogP contribution < -0.4 is 5.32 Å². The van der Waals surface area contributed by atoms with Crippen molar-refractivity contribution in [2.75, 3.05) is 33.5 Å². The van der Waals surface area contributed by atoms with Gasteiger partial charge in [0.15, 0.2) is 5.82 Å². The van der Waals surface area contributed by atoms with Crippen molar-refractivity contribution in [3.63, 3.8) is 0 Å². The van der Waals surface area contributed by atoms with Crippen molar-refractivity contribution < 1.29 is 14.0 Å². The van der Waals surface area contributed by atoms with Crippen LogP contribution in [-0.4, -0.2) is 49.7 Å². The molecule has 2 fully saturated rings. The van der Waals surface area contributed by atoms with Crippen molar-refractivity contribution in [3.05, 3.63) is 11.7 Å². The van der Waals surface area contributed by atoms with E-state index in [2.05, 4.69) is 15.5 Å². The number of nitrogens with one attached hydrogen (secondary N) is 1. The Morgan fingerprint density at radius 2 is 2.00 bits per heavy atom. The zero-order valence-electron chi connectivity index (χ0n) is 10.6. The molecule has 2 aliphatic heterocycles. The number of rotatable bonds is 3. The number of hydrogen-bond acceptors (Lipinski definition) is 6. The van der Waals surface area contributed by atoms with E-state index in [-0.39, 0.29) is 12.0 Å². The van der Waals surface area contributed by atoms with E-state index in [4.69, 9.17) is 14.0 Å². The fourth-order valence-corrected chi connectivity index (χ4v) is 2.60. The van der Waals surface area contributed by atoms with Gasteiger partial charge in [-0.15, -0.1) is 0 Å². The molecule has 0 spiro atoms. The maximum Gasteiger partial charge on any atom is 0.233 e. The molecule has 0 aliphatic carbocycles. The van der Waals surface area contributed by atoms with Gasteiger partial charge >= 0.3 is 0 Å². The number of nitrogens with zero attached hydrogens (tertiary/aromatic N) is 2. The molecule has 2 unspecified atom stereocenters. The number of aromatic nitrogens is 2. The van der Waals surface area contributed by atoms with Gasteiger partial charge in [-0.25, -0.2) is 0 Å². The van der Waals surface area contributed by atoms with Gasteiger partial charge in [-0.3, -0.25) is 0 Å². The average Bonchev–Trinajstić information content (AvgIpc) is 3.08. The van der Waals surface area contributed by atoms with Gasteiger partial charge in [0.05, 0.1) is 19.1 Å². The minimum atomic E-state index is 0.177. The van der Waals surface area contributed by atoms with Gasteiger partial charge in [0.1, 0.15) is 0 Å². The molecule has 0 saturated carbocycles. The van der Waals surface area contributed by atoms with Crippen LogP contribution in [0.1, 0.15) is 36.4 Å². The second-order valence-electron chi connectivity index (χ2n) is 4.92. The molecule has 1 aromatic heterocycles. The summed E-state index contributed by atoms with van der Waals surface area (Å²) in [5, 5.41) is 7.36. The third kappa shape index (κ3) is 2.28. The Bertz CT molecular complexity index is 390. The van der Waals surface area contributed by atoms with Gasteiger partial charge < -0.3 is 19.3 Å². The first-order valence-electron chi connectivity index (χ1n) is 6.54. The Kier molecular flexibility index (Phi) is 3.58. The van der Waals surface area contributed by atoms with E-state index < -0.39 is 0 Å². The highest BCUT2D eigenvalue weighted by Crippen LogP contribution is 2.28. The monoisotopic (exact) mass is 253 g/mol. The highest BCUT2D eigenvalue weighted by atomic mass is 16.5. The molecular weight excluding hydrogens is 234 g/mol. The molecule has 18 heavy (non-hydrogen) atoms. The van der Waals surface area contributed by atoms with Gasteiger partial charge in [-0.05, 0) is 19.9 Å². The third-order valence-electron chi connectivity index (χ3n) is 3.81. The van der Waals surface area contributed by atoms with Crippen molar-refractivity contribution in [2.24, 2.45) is 0 Å². The molecule has 0 bridgehead atoms. The molecule has 2 saturated heterocycles. The first kappa shape index (κ1) is 12.1. The lowest BCUT2D eigenvalue weighted by atomic mass is 9.99. The Hall–Kier alpha value is -0.980. The average molecular weight is 253 g/mol. The first-order chi connectivity index (χ1) is 8.88. The van der Waals surface area contributed by atoms with Gasteiger partial charge in [-0.1, -0.05) is 5.16 Å². The lowest BCUT2D eigenvalue weighted by Crippen LogP contribution is -2.31. The summed E-state index contributed by atoms with van der Waals surface area (Å²) >= 11 is 0. The summed E-state index contributed by atoms with van der Waals surface area (Å²) in [7, 11) is 1.93. The summed E-state index contributed by atoms with van der Waals surface area (Å²) in [6.45, 7) is 2.94. The van der Waals surface area contributed by atoms with Crippen LogP contribution in [0.15, 0.2) is 4.52 Å². The highest BCUT2D eigenvalue weighted by Gasteiger charge is 2.33. The van der Waals surface area contributed by atoms with Crippen LogP contribution in [0, 0.1) is 0 Å². The van der Waals surface area contributed by atoms with Crippen LogP contribution in [0.3, 0.4) is 0 Å². The van der Waals surface area contributed by atoms with Crippen LogP contribution in [0.5, 0.6) is 0 Å². The molecule has 3 heterocycles. The maximum atomic E-state index is 5.46. The quantitative estimate of drug-likeness (QED) is 0.853. The summed E-state index contributed by atoms with van der Waals surface area (Å²) in [5.74, 6) is 2.09. The minimum absolute atomic E-state index is 0.177. The second-order valence-corrected chi connectivity index (χ2v) is 4.92. The summed E-state index contributed by atoms with van der Waals surface area (Å²) in [6.07, 6.45) is 1.96. The van der Waals surface area contributed by atoms with Crippen molar-refractivity contribution in [1.29, 1.82) is 0 Å². The third-order valence-corrected chi connectivity index (χ3v) is 3.81. The summed E-state index contributed by atoms with van der Waals surface area (Å²) < 4.78 is 16.2. The van der Waals surface area contributed by atoms with E-state index in [1.807, 2.05) is 7.05 Å². The molecule has 0 radical (unpaired) electrons. The van der Waals surface area contributed by atoms with Crippen molar-refractivity contribution in [2.45, 2.75) is 30.7 Å². The molecule has 6 nitrogen and oxygen atoms in total. The Labute approximate surface area is 106 Å².